The molecule has 0 N–H and O–H groups in total. The molecule has 2 aliphatic rings. The number of hydrogen-bond donors (Lipinski definition) is 0. The Labute approximate surface area is 137 Å². The van der Waals surface area contributed by atoms with Gasteiger partial charge in [0.15, 0.2) is 0 Å². The van der Waals surface area contributed by atoms with Gasteiger partial charge in [0.1, 0.15) is 6.07 Å². The fourth-order valence-electron chi connectivity index (χ4n) is 4.22. The maximum absolute atomic E-state index is 9.53. The van der Waals surface area contributed by atoms with Crippen molar-refractivity contribution in [3.63, 3.8) is 0 Å². The molecule has 0 atom stereocenters. The number of nitrogens with zero attached hydrogens (tertiary/aromatic N) is 4. The van der Waals surface area contributed by atoms with Crippen molar-refractivity contribution in [2.75, 3.05) is 26.2 Å². The highest BCUT2D eigenvalue weighted by molar-refractivity contribution is 5.65. The monoisotopic (exact) mass is 308 g/mol. The van der Waals surface area contributed by atoms with Crippen molar-refractivity contribution in [3.05, 3.63) is 41.7 Å². The molecule has 4 nitrogen and oxygen atoms in total. The lowest BCUT2D eigenvalue weighted by Crippen LogP contribution is -2.49. The number of rotatable bonds is 3. The first-order valence-corrected chi connectivity index (χ1v) is 8.80. The zero-order valence-corrected chi connectivity index (χ0v) is 13.6. The summed E-state index contributed by atoms with van der Waals surface area (Å²) in [7, 11) is 0. The standard InChI is InChI=1S/C19H24N4/c20-13-18-16(15-23-8-4-3-7-19(18)23)14-21-9-11-22(12-10-21)17-5-1-2-6-17/h3-4,7-8,15,17H,1-2,5-6,9-12,14H2. The fraction of sp³-hybridized carbons (Fsp3) is 0.526. The first kappa shape index (κ1) is 14.7. The fourth-order valence-corrected chi connectivity index (χ4v) is 4.22. The van der Waals surface area contributed by atoms with Gasteiger partial charge in [-0.2, -0.15) is 5.26 Å². The third kappa shape index (κ3) is 2.87. The van der Waals surface area contributed by atoms with E-state index in [1.807, 2.05) is 24.4 Å². The van der Waals surface area contributed by atoms with Gasteiger partial charge >= 0.3 is 0 Å². The van der Waals surface area contributed by atoms with Crippen LogP contribution in [0.5, 0.6) is 0 Å². The minimum absolute atomic E-state index is 0.837. The van der Waals surface area contributed by atoms with E-state index >= 15 is 0 Å². The quantitative estimate of drug-likeness (QED) is 0.874. The Morgan fingerprint density at radius 2 is 1.87 bits per heavy atom. The number of aromatic nitrogens is 1. The minimum Gasteiger partial charge on any atom is -0.322 e. The maximum atomic E-state index is 9.53. The molecule has 0 unspecified atom stereocenters. The summed E-state index contributed by atoms with van der Waals surface area (Å²) in [5.41, 5.74) is 3.02. The van der Waals surface area contributed by atoms with Gasteiger partial charge < -0.3 is 4.40 Å². The molecule has 1 saturated heterocycles. The Morgan fingerprint density at radius 1 is 1.09 bits per heavy atom. The Hall–Kier alpha value is -1.83. The van der Waals surface area contributed by atoms with Gasteiger partial charge in [0.25, 0.3) is 0 Å². The third-order valence-electron chi connectivity index (χ3n) is 5.52. The highest BCUT2D eigenvalue weighted by Crippen LogP contribution is 2.25. The summed E-state index contributed by atoms with van der Waals surface area (Å²) in [4.78, 5) is 5.19. The zero-order valence-electron chi connectivity index (χ0n) is 13.6. The summed E-state index contributed by atoms with van der Waals surface area (Å²) < 4.78 is 2.07. The Bertz CT molecular complexity index is 713. The molecular formula is C19H24N4. The number of pyridine rings is 1. The van der Waals surface area contributed by atoms with Crippen LogP contribution in [0.25, 0.3) is 5.52 Å². The molecule has 23 heavy (non-hydrogen) atoms. The van der Waals surface area contributed by atoms with Crippen LogP contribution in [0, 0.1) is 11.3 Å². The van der Waals surface area contributed by atoms with Crippen molar-refractivity contribution >= 4 is 5.52 Å². The first-order chi connectivity index (χ1) is 11.3. The smallest absolute Gasteiger partial charge is 0.102 e. The van der Waals surface area contributed by atoms with Crippen LogP contribution in [0.2, 0.25) is 0 Å². The van der Waals surface area contributed by atoms with Gasteiger partial charge in [-0.25, -0.2) is 0 Å². The van der Waals surface area contributed by atoms with E-state index in [1.54, 1.807) is 0 Å². The van der Waals surface area contributed by atoms with E-state index in [9.17, 15) is 5.26 Å². The van der Waals surface area contributed by atoms with Gasteiger partial charge in [0, 0.05) is 56.7 Å². The van der Waals surface area contributed by atoms with Crippen LogP contribution in [0.1, 0.15) is 36.8 Å². The normalized spacial score (nSPS) is 21.0. The summed E-state index contributed by atoms with van der Waals surface area (Å²) >= 11 is 0. The third-order valence-corrected chi connectivity index (χ3v) is 5.52. The molecule has 2 fully saturated rings. The van der Waals surface area contributed by atoms with Crippen LogP contribution in [-0.2, 0) is 6.54 Å². The largest absolute Gasteiger partial charge is 0.322 e. The van der Waals surface area contributed by atoms with Crippen molar-refractivity contribution < 1.29 is 0 Å². The van der Waals surface area contributed by atoms with Crippen LogP contribution < -0.4 is 0 Å². The van der Waals surface area contributed by atoms with Gasteiger partial charge in [0.05, 0.1) is 11.1 Å². The Morgan fingerprint density at radius 3 is 2.61 bits per heavy atom. The summed E-state index contributed by atoms with van der Waals surface area (Å²) in [6, 6.07) is 9.28. The van der Waals surface area contributed by atoms with Crippen molar-refractivity contribution in [1.29, 1.82) is 5.26 Å². The van der Waals surface area contributed by atoms with Crippen LogP contribution >= 0.6 is 0 Å². The van der Waals surface area contributed by atoms with Crippen molar-refractivity contribution in [3.8, 4) is 6.07 Å². The molecule has 1 aliphatic heterocycles. The predicted molar refractivity (Wildman–Crippen MR) is 91.2 cm³/mol. The molecule has 0 amide bonds. The van der Waals surface area contributed by atoms with E-state index in [4.69, 9.17) is 0 Å². The van der Waals surface area contributed by atoms with E-state index in [0.717, 1.165) is 42.3 Å². The highest BCUT2D eigenvalue weighted by Gasteiger charge is 2.26. The van der Waals surface area contributed by atoms with E-state index in [2.05, 4.69) is 26.5 Å². The second-order valence-electron chi connectivity index (χ2n) is 6.88. The van der Waals surface area contributed by atoms with Gasteiger partial charge in [-0.15, -0.1) is 0 Å². The number of fused-ring (bicyclic) bond motifs is 1. The first-order valence-electron chi connectivity index (χ1n) is 8.80. The van der Waals surface area contributed by atoms with Gasteiger partial charge in [-0.3, -0.25) is 9.80 Å². The van der Waals surface area contributed by atoms with Crippen LogP contribution in [0.3, 0.4) is 0 Å². The molecule has 1 saturated carbocycles. The molecule has 2 aromatic heterocycles. The molecular weight excluding hydrogens is 284 g/mol. The topological polar surface area (TPSA) is 34.7 Å². The van der Waals surface area contributed by atoms with E-state index in [1.165, 1.54) is 38.8 Å². The molecule has 0 aromatic carbocycles. The molecule has 4 heteroatoms. The van der Waals surface area contributed by atoms with Gasteiger partial charge in [0.2, 0.25) is 0 Å². The average Bonchev–Trinajstić information content (AvgIpc) is 3.23. The minimum atomic E-state index is 0.837. The van der Waals surface area contributed by atoms with Crippen LogP contribution in [0.4, 0.5) is 0 Å². The SMILES string of the molecule is N#Cc1c(CN2CCN(C3CCCC3)CC2)cn2ccccc12. The maximum Gasteiger partial charge on any atom is 0.102 e. The molecule has 120 valence electrons. The Kier molecular flexibility index (Phi) is 4.07. The number of piperazine rings is 1. The Balaban J connectivity index is 1.44. The number of nitriles is 1. The molecule has 0 bridgehead atoms. The van der Waals surface area contributed by atoms with Crippen molar-refractivity contribution in [2.24, 2.45) is 0 Å². The van der Waals surface area contributed by atoms with Crippen LogP contribution in [0.15, 0.2) is 30.6 Å². The summed E-state index contributed by atoms with van der Waals surface area (Å²) in [5, 5.41) is 9.53. The summed E-state index contributed by atoms with van der Waals surface area (Å²) in [6.07, 6.45) is 9.75. The van der Waals surface area contributed by atoms with E-state index in [0.29, 0.717) is 0 Å². The van der Waals surface area contributed by atoms with Gasteiger partial charge in [-0.1, -0.05) is 18.9 Å². The molecule has 0 radical (unpaired) electrons. The van der Waals surface area contributed by atoms with Gasteiger partial charge in [-0.05, 0) is 25.0 Å². The zero-order chi connectivity index (χ0) is 15.6. The molecule has 0 spiro atoms. The molecule has 1 aliphatic carbocycles. The molecule has 4 rings (SSSR count). The highest BCUT2D eigenvalue weighted by atomic mass is 15.3. The van der Waals surface area contributed by atoms with E-state index < -0.39 is 0 Å². The second kappa shape index (κ2) is 6.35. The number of hydrogen-bond acceptors (Lipinski definition) is 3. The lowest BCUT2D eigenvalue weighted by Gasteiger charge is -2.38. The summed E-state index contributed by atoms with van der Waals surface area (Å²) in [5.74, 6) is 0. The van der Waals surface area contributed by atoms with Crippen molar-refractivity contribution in [1.82, 2.24) is 14.2 Å². The average molecular weight is 308 g/mol. The molecule has 2 aromatic rings. The van der Waals surface area contributed by atoms with Crippen molar-refractivity contribution in [2.45, 2.75) is 38.3 Å². The molecule has 3 heterocycles. The second-order valence-corrected chi connectivity index (χ2v) is 6.88. The summed E-state index contributed by atoms with van der Waals surface area (Å²) in [6.45, 7) is 5.49. The van der Waals surface area contributed by atoms with E-state index in [-0.39, 0.29) is 0 Å². The lowest BCUT2D eigenvalue weighted by molar-refractivity contribution is 0.0937. The predicted octanol–water partition coefficient (Wildman–Crippen LogP) is 2.87. The lowest BCUT2D eigenvalue weighted by atomic mass is 10.1. The van der Waals surface area contributed by atoms with Crippen LogP contribution in [-0.4, -0.2) is 46.4 Å².